The number of nitrogens with zero attached hydrogens (tertiary/aromatic N) is 2. The second-order valence-electron chi connectivity index (χ2n) is 7.64. The van der Waals surface area contributed by atoms with E-state index in [-0.39, 0.29) is 11.7 Å². The molecule has 0 aliphatic carbocycles. The first-order chi connectivity index (χ1) is 15.6. The van der Waals surface area contributed by atoms with Crippen molar-refractivity contribution in [1.82, 2.24) is 20.2 Å². The summed E-state index contributed by atoms with van der Waals surface area (Å²) >= 11 is 0. The van der Waals surface area contributed by atoms with Crippen molar-refractivity contribution in [2.75, 3.05) is 5.32 Å². The van der Waals surface area contributed by atoms with Crippen LogP contribution in [0.2, 0.25) is 0 Å². The summed E-state index contributed by atoms with van der Waals surface area (Å²) in [4.78, 5) is 20.7. The molecule has 6 aromatic rings. The molecular weight excluding hydrogens is 402 g/mol. The third-order valence-corrected chi connectivity index (χ3v) is 5.52. The molecule has 4 N–H and O–H groups in total. The van der Waals surface area contributed by atoms with Gasteiger partial charge in [0.25, 0.3) is 5.91 Å². The Kier molecular flexibility index (Phi) is 3.94. The monoisotopic (exact) mass is 419 g/mol. The van der Waals surface area contributed by atoms with Gasteiger partial charge in [-0.05, 0) is 65.4 Å². The summed E-state index contributed by atoms with van der Waals surface area (Å²) in [7, 11) is 0. The molecule has 32 heavy (non-hydrogen) atoms. The van der Waals surface area contributed by atoms with Crippen LogP contribution in [-0.2, 0) is 0 Å². The highest BCUT2D eigenvalue weighted by atomic mass is 16.3. The van der Waals surface area contributed by atoms with Gasteiger partial charge in [0.1, 0.15) is 11.4 Å². The number of aromatic hydroxyl groups is 1. The molecule has 0 saturated heterocycles. The zero-order valence-electron chi connectivity index (χ0n) is 16.8. The van der Waals surface area contributed by atoms with Gasteiger partial charge in [0, 0.05) is 16.6 Å². The molecule has 2 heterocycles. The van der Waals surface area contributed by atoms with Gasteiger partial charge in [0.05, 0.1) is 16.6 Å². The predicted octanol–water partition coefficient (Wildman–Crippen LogP) is 5.22. The van der Waals surface area contributed by atoms with Gasteiger partial charge in [0.2, 0.25) is 0 Å². The highest BCUT2D eigenvalue weighted by Crippen LogP contribution is 2.29. The fourth-order valence-electron chi connectivity index (χ4n) is 3.90. The number of phenols is 1. The zero-order valence-corrected chi connectivity index (χ0v) is 16.8. The molecule has 4 aromatic carbocycles. The molecule has 0 atom stereocenters. The summed E-state index contributed by atoms with van der Waals surface area (Å²) in [6.45, 7) is 0. The highest BCUT2D eigenvalue weighted by molar-refractivity contribution is 6.07. The van der Waals surface area contributed by atoms with Crippen molar-refractivity contribution in [3.05, 3.63) is 84.4 Å². The van der Waals surface area contributed by atoms with Crippen LogP contribution >= 0.6 is 0 Å². The lowest BCUT2D eigenvalue weighted by molar-refractivity contribution is 0.102. The predicted molar refractivity (Wildman–Crippen MR) is 125 cm³/mol. The van der Waals surface area contributed by atoms with Crippen molar-refractivity contribution in [1.29, 1.82) is 0 Å². The number of aromatic amines is 2. The number of rotatable bonds is 3. The Labute approximate surface area is 181 Å². The van der Waals surface area contributed by atoms with Crippen molar-refractivity contribution >= 4 is 44.3 Å². The summed E-state index contributed by atoms with van der Waals surface area (Å²) in [6.07, 6.45) is 0. The molecule has 0 saturated carbocycles. The maximum Gasteiger partial charge on any atom is 0.255 e. The third-order valence-electron chi connectivity index (χ3n) is 5.52. The number of hydrogen-bond acceptors (Lipinski definition) is 4. The highest BCUT2D eigenvalue weighted by Gasteiger charge is 2.15. The second kappa shape index (κ2) is 6.95. The fourth-order valence-corrected chi connectivity index (χ4v) is 3.90. The lowest BCUT2D eigenvalue weighted by Crippen LogP contribution is -2.11. The molecule has 0 aliphatic rings. The molecular formula is C25H17N5O2. The van der Waals surface area contributed by atoms with E-state index < -0.39 is 0 Å². The number of hydrogen-bond donors (Lipinski definition) is 4. The van der Waals surface area contributed by atoms with E-state index in [2.05, 4.69) is 44.8 Å². The Bertz CT molecular complexity index is 1580. The Balaban J connectivity index is 1.35. The quantitative estimate of drug-likeness (QED) is 0.295. The first kappa shape index (κ1) is 18.1. The van der Waals surface area contributed by atoms with Crippen LogP contribution in [0.25, 0.3) is 44.2 Å². The first-order valence-electron chi connectivity index (χ1n) is 10.1. The van der Waals surface area contributed by atoms with Gasteiger partial charge >= 0.3 is 0 Å². The number of H-pyrrole nitrogens is 2. The maximum absolute atomic E-state index is 12.6. The number of aromatic nitrogens is 4. The van der Waals surface area contributed by atoms with E-state index in [9.17, 15) is 9.90 Å². The molecule has 7 nitrogen and oxygen atoms in total. The topological polar surface area (TPSA) is 107 Å². The minimum absolute atomic E-state index is 0.146. The fraction of sp³-hybridized carbons (Fsp3) is 0. The van der Waals surface area contributed by atoms with Gasteiger partial charge in [-0.25, -0.2) is 4.98 Å². The molecule has 1 amide bonds. The van der Waals surface area contributed by atoms with Crippen molar-refractivity contribution in [3.63, 3.8) is 0 Å². The maximum atomic E-state index is 12.6. The average molecular weight is 419 g/mol. The number of fused-ring (bicyclic) bond motifs is 3. The lowest BCUT2D eigenvalue weighted by Gasteiger charge is -2.05. The largest absolute Gasteiger partial charge is 0.508 e. The summed E-state index contributed by atoms with van der Waals surface area (Å²) in [5.74, 6) is 0.570. The average Bonchev–Trinajstić information content (AvgIpc) is 3.41. The number of nitrogens with one attached hydrogen (secondary N) is 3. The first-order valence-corrected chi connectivity index (χ1v) is 10.1. The summed E-state index contributed by atoms with van der Waals surface area (Å²) in [5, 5.41) is 22.8. The number of anilines is 1. The third kappa shape index (κ3) is 3.04. The Morgan fingerprint density at radius 1 is 0.875 bits per heavy atom. The van der Waals surface area contributed by atoms with Gasteiger partial charge in [-0.15, -0.1) is 0 Å². The molecule has 0 spiro atoms. The standard InChI is InChI=1S/C25H17N5O2/c31-18-8-6-17(7-9-18)26-25(32)16-5-10-19-20(13-16)29-30-23(19)24-27-21-11-14-3-1-2-4-15(14)12-22(21)28-24/h1-13,31H,(H,26,32)(H,27,28)(H,29,30). The van der Waals surface area contributed by atoms with Gasteiger partial charge in [0.15, 0.2) is 5.82 Å². The van der Waals surface area contributed by atoms with E-state index in [1.165, 1.54) is 12.1 Å². The van der Waals surface area contributed by atoms with Gasteiger partial charge in [-0.3, -0.25) is 9.89 Å². The lowest BCUT2D eigenvalue weighted by atomic mass is 10.1. The van der Waals surface area contributed by atoms with E-state index in [1.807, 2.05) is 18.2 Å². The van der Waals surface area contributed by atoms with E-state index >= 15 is 0 Å². The van der Waals surface area contributed by atoms with E-state index in [1.54, 1.807) is 24.3 Å². The number of benzene rings is 4. The van der Waals surface area contributed by atoms with Crippen LogP contribution in [0.1, 0.15) is 10.4 Å². The van der Waals surface area contributed by atoms with Crippen LogP contribution in [0.15, 0.2) is 78.9 Å². The molecule has 0 bridgehead atoms. The zero-order chi connectivity index (χ0) is 21.7. The molecule has 0 aliphatic heterocycles. The van der Waals surface area contributed by atoms with Crippen molar-refractivity contribution in [2.45, 2.75) is 0 Å². The van der Waals surface area contributed by atoms with Crippen LogP contribution < -0.4 is 5.32 Å². The van der Waals surface area contributed by atoms with E-state index in [0.29, 0.717) is 22.8 Å². The summed E-state index contributed by atoms with van der Waals surface area (Å²) < 4.78 is 0. The molecule has 6 rings (SSSR count). The molecule has 0 unspecified atom stereocenters. The molecule has 154 valence electrons. The summed E-state index contributed by atoms with van der Waals surface area (Å²) in [6, 6.07) is 24.0. The van der Waals surface area contributed by atoms with Gasteiger partial charge in [-0.2, -0.15) is 5.10 Å². The molecule has 0 fully saturated rings. The number of carbonyl (C=O) groups excluding carboxylic acids is 1. The van der Waals surface area contributed by atoms with Crippen molar-refractivity contribution in [3.8, 4) is 17.3 Å². The normalized spacial score (nSPS) is 11.4. The smallest absolute Gasteiger partial charge is 0.255 e. The molecule has 0 radical (unpaired) electrons. The molecule has 7 heteroatoms. The Morgan fingerprint density at radius 3 is 2.47 bits per heavy atom. The minimum atomic E-state index is -0.246. The van der Waals surface area contributed by atoms with Gasteiger partial charge in [-0.1, -0.05) is 24.3 Å². The number of carbonyl (C=O) groups is 1. The minimum Gasteiger partial charge on any atom is -0.508 e. The SMILES string of the molecule is O=C(Nc1ccc(O)cc1)c1ccc2c(-c3nc4cc5ccccc5cc4[nH]3)n[nH]c2c1. The van der Waals surface area contributed by atoms with Crippen LogP contribution in [0.5, 0.6) is 5.75 Å². The van der Waals surface area contributed by atoms with Crippen LogP contribution in [0.3, 0.4) is 0 Å². The van der Waals surface area contributed by atoms with Gasteiger partial charge < -0.3 is 15.4 Å². The number of phenolic OH excluding ortho intramolecular Hbond substituents is 1. The molecule has 2 aromatic heterocycles. The second-order valence-corrected chi connectivity index (χ2v) is 7.64. The number of imidazole rings is 1. The summed E-state index contributed by atoms with van der Waals surface area (Å²) in [5.41, 5.74) is 4.36. The van der Waals surface area contributed by atoms with Crippen LogP contribution in [0, 0.1) is 0 Å². The van der Waals surface area contributed by atoms with Crippen LogP contribution in [-0.4, -0.2) is 31.2 Å². The Hall–Kier alpha value is -4.65. The Morgan fingerprint density at radius 2 is 1.66 bits per heavy atom. The van der Waals surface area contributed by atoms with Crippen molar-refractivity contribution < 1.29 is 9.90 Å². The van der Waals surface area contributed by atoms with Crippen molar-refractivity contribution in [2.24, 2.45) is 0 Å². The van der Waals surface area contributed by atoms with E-state index in [0.717, 1.165) is 32.7 Å². The number of amides is 1. The van der Waals surface area contributed by atoms with Crippen LogP contribution in [0.4, 0.5) is 5.69 Å². The van der Waals surface area contributed by atoms with E-state index in [4.69, 9.17) is 4.98 Å².